The molecule has 1 nitrogen and oxygen atoms in total. The van der Waals surface area contributed by atoms with E-state index in [9.17, 15) is 4.79 Å². The summed E-state index contributed by atoms with van der Waals surface area (Å²) in [7, 11) is 0. The van der Waals surface area contributed by atoms with Crippen LogP contribution in [0.15, 0.2) is 78.9 Å². The fraction of sp³-hybridized carbons (Fsp3) is 0.174. The van der Waals surface area contributed by atoms with E-state index >= 15 is 0 Å². The normalized spacial score (nSPS) is 19.9. The second kappa shape index (κ2) is 6.84. The number of carbonyl (C=O) groups excluding carboxylic acids is 1. The van der Waals surface area contributed by atoms with Crippen LogP contribution in [0.4, 0.5) is 0 Å². The number of hydrogen-bond acceptors (Lipinski definition) is 1. The summed E-state index contributed by atoms with van der Waals surface area (Å²) in [4.78, 5) is 13.1. The maximum Gasteiger partial charge on any atom is 0.169 e. The first-order valence-corrected chi connectivity index (χ1v) is 8.32. The smallest absolute Gasteiger partial charge is 0.169 e. The summed E-state index contributed by atoms with van der Waals surface area (Å²) in [6.45, 7) is 5.84. The standard InChI is InChI=1S/C23H22O/c1-3-10-20-17-19-14-7-8-15-21(19)23(2,22(20)24)16-9-13-18-11-5-4-6-12-18/h3-9,11-15,17H,1,10,16H2,2H3/b13-9+/t23-/m1/s1. The van der Waals surface area contributed by atoms with Gasteiger partial charge in [0.15, 0.2) is 5.78 Å². The Kier molecular flexibility index (Phi) is 4.61. The van der Waals surface area contributed by atoms with Crippen LogP contribution >= 0.6 is 0 Å². The molecule has 1 heteroatoms. The van der Waals surface area contributed by atoms with Crippen LogP contribution in [0.1, 0.15) is 36.5 Å². The molecule has 0 saturated carbocycles. The third-order valence-corrected chi connectivity index (χ3v) is 4.68. The molecule has 2 aromatic rings. The van der Waals surface area contributed by atoms with Gasteiger partial charge in [-0.2, -0.15) is 0 Å². The Morgan fingerprint density at radius 3 is 2.50 bits per heavy atom. The summed E-state index contributed by atoms with van der Waals surface area (Å²) in [6.07, 6.45) is 9.32. The molecule has 24 heavy (non-hydrogen) atoms. The monoisotopic (exact) mass is 314 g/mol. The number of carbonyl (C=O) groups is 1. The highest BCUT2D eigenvalue weighted by Gasteiger charge is 2.39. The zero-order valence-electron chi connectivity index (χ0n) is 14.0. The van der Waals surface area contributed by atoms with Crippen LogP contribution in [-0.2, 0) is 10.2 Å². The Hall–Kier alpha value is -2.67. The summed E-state index contributed by atoms with van der Waals surface area (Å²) in [6, 6.07) is 18.4. The molecular formula is C23H22O. The van der Waals surface area contributed by atoms with Gasteiger partial charge in [0, 0.05) is 5.57 Å². The van der Waals surface area contributed by atoms with Crippen LogP contribution in [0, 0.1) is 0 Å². The van der Waals surface area contributed by atoms with Gasteiger partial charge in [0.05, 0.1) is 5.41 Å². The van der Waals surface area contributed by atoms with Gasteiger partial charge >= 0.3 is 0 Å². The van der Waals surface area contributed by atoms with E-state index in [2.05, 4.69) is 49.9 Å². The van der Waals surface area contributed by atoms with Gasteiger partial charge in [-0.15, -0.1) is 6.58 Å². The predicted octanol–water partition coefficient (Wildman–Crippen LogP) is 5.59. The Labute approximate surface area is 144 Å². The number of rotatable bonds is 5. The van der Waals surface area contributed by atoms with Gasteiger partial charge in [0.25, 0.3) is 0 Å². The molecule has 0 bridgehead atoms. The van der Waals surface area contributed by atoms with Crippen molar-refractivity contribution in [2.75, 3.05) is 0 Å². The Morgan fingerprint density at radius 1 is 1.04 bits per heavy atom. The lowest BCUT2D eigenvalue weighted by atomic mass is 9.68. The van der Waals surface area contributed by atoms with Crippen molar-refractivity contribution in [3.8, 4) is 0 Å². The number of hydrogen-bond donors (Lipinski definition) is 0. The highest BCUT2D eigenvalue weighted by molar-refractivity contribution is 6.09. The van der Waals surface area contributed by atoms with E-state index in [0.717, 1.165) is 22.3 Å². The fourth-order valence-corrected chi connectivity index (χ4v) is 3.36. The number of benzene rings is 2. The second-order valence-corrected chi connectivity index (χ2v) is 6.43. The second-order valence-electron chi connectivity index (χ2n) is 6.43. The molecule has 0 saturated heterocycles. The van der Waals surface area contributed by atoms with E-state index in [1.54, 1.807) is 6.08 Å². The molecule has 0 heterocycles. The first-order chi connectivity index (χ1) is 11.6. The average Bonchev–Trinajstić information content (AvgIpc) is 2.61. The number of ketones is 1. The lowest BCUT2D eigenvalue weighted by molar-refractivity contribution is -0.120. The molecule has 2 aromatic carbocycles. The topological polar surface area (TPSA) is 17.1 Å². The van der Waals surface area contributed by atoms with Crippen molar-refractivity contribution in [1.82, 2.24) is 0 Å². The summed E-state index contributed by atoms with van der Waals surface area (Å²) in [5, 5.41) is 0. The van der Waals surface area contributed by atoms with Crippen LogP contribution in [0.25, 0.3) is 12.2 Å². The summed E-state index contributed by atoms with van der Waals surface area (Å²) in [5.74, 6) is 0.207. The lowest BCUT2D eigenvalue weighted by Gasteiger charge is -2.33. The van der Waals surface area contributed by atoms with E-state index in [4.69, 9.17) is 0 Å². The summed E-state index contributed by atoms with van der Waals surface area (Å²) in [5.41, 5.74) is 3.73. The van der Waals surface area contributed by atoms with Crippen molar-refractivity contribution in [3.05, 3.63) is 95.6 Å². The van der Waals surface area contributed by atoms with E-state index in [-0.39, 0.29) is 5.78 Å². The maximum atomic E-state index is 13.1. The van der Waals surface area contributed by atoms with Gasteiger partial charge in [-0.1, -0.05) is 72.8 Å². The molecule has 0 aliphatic heterocycles. The predicted molar refractivity (Wildman–Crippen MR) is 102 cm³/mol. The van der Waals surface area contributed by atoms with Crippen molar-refractivity contribution in [1.29, 1.82) is 0 Å². The Balaban J connectivity index is 1.95. The van der Waals surface area contributed by atoms with E-state index in [0.29, 0.717) is 12.8 Å². The maximum absolute atomic E-state index is 13.1. The Morgan fingerprint density at radius 2 is 1.75 bits per heavy atom. The molecule has 0 N–H and O–H groups in total. The molecule has 1 aliphatic rings. The van der Waals surface area contributed by atoms with Crippen LogP contribution in [0.5, 0.6) is 0 Å². The lowest BCUT2D eigenvalue weighted by Crippen LogP contribution is -2.36. The van der Waals surface area contributed by atoms with Crippen LogP contribution < -0.4 is 0 Å². The van der Waals surface area contributed by atoms with Crippen molar-refractivity contribution in [2.45, 2.75) is 25.2 Å². The zero-order chi connectivity index (χ0) is 17.0. The average molecular weight is 314 g/mol. The molecule has 0 amide bonds. The minimum atomic E-state index is -0.519. The molecule has 0 aromatic heterocycles. The highest BCUT2D eigenvalue weighted by Crippen LogP contribution is 2.40. The third kappa shape index (κ3) is 3.03. The minimum Gasteiger partial charge on any atom is -0.294 e. The van der Waals surface area contributed by atoms with Crippen molar-refractivity contribution >= 4 is 17.9 Å². The Bertz CT molecular complexity index is 811. The molecule has 120 valence electrons. The zero-order valence-corrected chi connectivity index (χ0v) is 14.0. The fourth-order valence-electron chi connectivity index (χ4n) is 3.36. The van der Waals surface area contributed by atoms with E-state index in [1.165, 1.54) is 0 Å². The molecule has 1 aliphatic carbocycles. The van der Waals surface area contributed by atoms with Gasteiger partial charge in [0.1, 0.15) is 0 Å². The minimum absolute atomic E-state index is 0.207. The van der Waals surface area contributed by atoms with Crippen LogP contribution in [-0.4, -0.2) is 5.78 Å². The quantitative estimate of drug-likeness (QED) is 0.657. The largest absolute Gasteiger partial charge is 0.294 e. The van der Waals surface area contributed by atoms with Gasteiger partial charge in [-0.25, -0.2) is 0 Å². The molecule has 0 spiro atoms. The first-order valence-electron chi connectivity index (χ1n) is 8.32. The van der Waals surface area contributed by atoms with Crippen molar-refractivity contribution in [2.24, 2.45) is 0 Å². The number of Topliss-reactive ketones (excluding diaryl/α,β-unsaturated/α-hetero) is 1. The number of fused-ring (bicyclic) bond motifs is 1. The molecule has 3 rings (SSSR count). The van der Waals surface area contributed by atoms with Gasteiger partial charge in [0.2, 0.25) is 0 Å². The van der Waals surface area contributed by atoms with Gasteiger partial charge in [-0.05, 0) is 42.5 Å². The van der Waals surface area contributed by atoms with E-state index in [1.807, 2.05) is 36.4 Å². The van der Waals surface area contributed by atoms with Crippen LogP contribution in [0.3, 0.4) is 0 Å². The van der Waals surface area contributed by atoms with Crippen molar-refractivity contribution in [3.63, 3.8) is 0 Å². The molecule has 0 fully saturated rings. The van der Waals surface area contributed by atoms with Crippen LogP contribution in [0.2, 0.25) is 0 Å². The highest BCUT2D eigenvalue weighted by atomic mass is 16.1. The SMILES string of the molecule is C=CCC1=Cc2ccccc2[C@@](C)(C/C=C/c2ccccc2)C1=O. The third-order valence-electron chi connectivity index (χ3n) is 4.68. The molecule has 1 atom stereocenters. The van der Waals surface area contributed by atoms with Gasteiger partial charge < -0.3 is 0 Å². The van der Waals surface area contributed by atoms with E-state index < -0.39 is 5.41 Å². The number of allylic oxidation sites excluding steroid dienone is 3. The molecular weight excluding hydrogens is 292 g/mol. The first kappa shape index (κ1) is 16.2. The van der Waals surface area contributed by atoms with Gasteiger partial charge in [-0.3, -0.25) is 4.79 Å². The molecule has 0 radical (unpaired) electrons. The van der Waals surface area contributed by atoms with Crippen molar-refractivity contribution < 1.29 is 4.79 Å². The summed E-state index contributed by atoms with van der Waals surface area (Å²) < 4.78 is 0. The summed E-state index contributed by atoms with van der Waals surface area (Å²) >= 11 is 0. The molecule has 0 unspecified atom stereocenters.